The first kappa shape index (κ1) is 11.8. The highest BCUT2D eigenvalue weighted by Crippen LogP contribution is 2.08. The Bertz CT molecular complexity index is 216. The van der Waals surface area contributed by atoms with Crippen molar-refractivity contribution in [2.45, 2.75) is 12.5 Å². The summed E-state index contributed by atoms with van der Waals surface area (Å²) in [6, 6.07) is -0.0794. The molecule has 0 amide bonds. The molecule has 1 unspecified atom stereocenters. The molecule has 13 heavy (non-hydrogen) atoms. The molecule has 0 heterocycles. The van der Waals surface area contributed by atoms with E-state index in [9.17, 15) is 4.79 Å². The molecule has 0 radical (unpaired) electrons. The molecule has 0 bridgehead atoms. The Morgan fingerprint density at radius 3 is 2.38 bits per heavy atom. The summed E-state index contributed by atoms with van der Waals surface area (Å²) < 4.78 is 0. The number of rotatable bonds is 6. The largest absolute Gasteiger partial charge is 0.302 e. The Morgan fingerprint density at radius 2 is 2.08 bits per heavy atom. The molecular formula is C11H17NO. The smallest absolute Gasteiger partial charge is 0.137 e. The van der Waals surface area contributed by atoms with E-state index in [1.165, 1.54) is 0 Å². The number of allylic oxidation sites excluding steroid dienone is 3. The standard InChI is InChI=1S/C11H17NO/c1-5-7-10(6-2)8-11(9-13)12(3)4/h5-7,9,11H,1-2,8H2,3-4H3/b10-7+. The first-order valence-electron chi connectivity index (χ1n) is 4.21. The van der Waals surface area contributed by atoms with E-state index >= 15 is 0 Å². The van der Waals surface area contributed by atoms with Crippen LogP contribution in [-0.4, -0.2) is 31.3 Å². The van der Waals surface area contributed by atoms with Crippen molar-refractivity contribution in [3.05, 3.63) is 37.0 Å². The van der Waals surface area contributed by atoms with E-state index in [4.69, 9.17) is 0 Å². The van der Waals surface area contributed by atoms with Crippen LogP contribution in [0.2, 0.25) is 0 Å². The van der Waals surface area contributed by atoms with Crippen LogP contribution < -0.4 is 0 Å². The van der Waals surface area contributed by atoms with E-state index < -0.39 is 0 Å². The van der Waals surface area contributed by atoms with Crippen LogP contribution in [0.1, 0.15) is 6.42 Å². The van der Waals surface area contributed by atoms with E-state index in [1.807, 2.05) is 25.1 Å². The quantitative estimate of drug-likeness (QED) is 0.458. The van der Waals surface area contributed by atoms with E-state index in [0.717, 1.165) is 11.9 Å². The van der Waals surface area contributed by atoms with Crippen molar-refractivity contribution < 1.29 is 4.79 Å². The van der Waals surface area contributed by atoms with E-state index in [1.54, 1.807) is 12.2 Å². The second-order valence-electron chi connectivity index (χ2n) is 3.05. The number of aldehydes is 1. The van der Waals surface area contributed by atoms with Crippen LogP contribution >= 0.6 is 0 Å². The van der Waals surface area contributed by atoms with E-state index in [2.05, 4.69) is 13.2 Å². The van der Waals surface area contributed by atoms with Gasteiger partial charge in [0.1, 0.15) is 6.29 Å². The topological polar surface area (TPSA) is 20.3 Å². The zero-order valence-corrected chi connectivity index (χ0v) is 8.36. The molecule has 1 atom stereocenters. The van der Waals surface area contributed by atoms with Gasteiger partial charge in [-0.25, -0.2) is 0 Å². The third-order valence-corrected chi connectivity index (χ3v) is 1.86. The van der Waals surface area contributed by atoms with Gasteiger partial charge >= 0.3 is 0 Å². The molecule has 0 rings (SSSR count). The van der Waals surface area contributed by atoms with Crippen molar-refractivity contribution in [1.29, 1.82) is 0 Å². The fraction of sp³-hybridized carbons (Fsp3) is 0.364. The van der Waals surface area contributed by atoms with Crippen LogP contribution in [0.25, 0.3) is 0 Å². The normalized spacial score (nSPS) is 13.9. The van der Waals surface area contributed by atoms with Gasteiger partial charge in [-0.15, -0.1) is 0 Å². The Balaban J connectivity index is 4.35. The summed E-state index contributed by atoms with van der Waals surface area (Å²) in [4.78, 5) is 12.6. The maximum absolute atomic E-state index is 10.7. The van der Waals surface area contributed by atoms with E-state index in [0.29, 0.717) is 6.42 Å². The molecule has 2 heteroatoms. The average molecular weight is 179 g/mol. The van der Waals surface area contributed by atoms with Gasteiger partial charge < -0.3 is 4.79 Å². The number of hydrogen-bond acceptors (Lipinski definition) is 2. The molecule has 0 spiro atoms. The SMILES string of the molecule is C=C/C=C(\C=C)CC(C=O)N(C)C. The molecule has 0 aromatic rings. The molecule has 2 nitrogen and oxygen atoms in total. The van der Waals surface area contributed by atoms with Gasteiger partial charge in [0, 0.05) is 0 Å². The predicted molar refractivity (Wildman–Crippen MR) is 56.6 cm³/mol. The van der Waals surface area contributed by atoms with Crippen LogP contribution in [-0.2, 0) is 4.79 Å². The zero-order valence-electron chi connectivity index (χ0n) is 8.36. The molecule has 0 saturated carbocycles. The van der Waals surface area contributed by atoms with Gasteiger partial charge in [0.05, 0.1) is 6.04 Å². The van der Waals surface area contributed by atoms with Gasteiger partial charge in [-0.2, -0.15) is 0 Å². The lowest BCUT2D eigenvalue weighted by Crippen LogP contribution is -2.29. The number of nitrogens with zero attached hydrogens (tertiary/aromatic N) is 1. The third-order valence-electron chi connectivity index (χ3n) is 1.86. The van der Waals surface area contributed by atoms with Crippen molar-refractivity contribution >= 4 is 6.29 Å². The molecule has 0 N–H and O–H groups in total. The predicted octanol–water partition coefficient (Wildman–Crippen LogP) is 1.80. The molecule has 0 aliphatic rings. The number of carbonyl (C=O) groups is 1. The minimum Gasteiger partial charge on any atom is -0.302 e. The highest BCUT2D eigenvalue weighted by molar-refractivity contribution is 5.58. The monoisotopic (exact) mass is 179 g/mol. The zero-order chi connectivity index (χ0) is 10.3. The van der Waals surface area contributed by atoms with Crippen molar-refractivity contribution in [2.75, 3.05) is 14.1 Å². The summed E-state index contributed by atoms with van der Waals surface area (Å²) in [5.74, 6) is 0. The van der Waals surface area contributed by atoms with Crippen molar-refractivity contribution in [3.8, 4) is 0 Å². The second kappa shape index (κ2) is 6.38. The summed E-state index contributed by atoms with van der Waals surface area (Å²) >= 11 is 0. The molecule has 0 aromatic heterocycles. The fourth-order valence-corrected chi connectivity index (χ4v) is 0.965. The minimum atomic E-state index is -0.0794. The van der Waals surface area contributed by atoms with Gasteiger partial charge in [-0.05, 0) is 26.1 Å². The molecule has 0 aliphatic heterocycles. The highest BCUT2D eigenvalue weighted by Gasteiger charge is 2.09. The molecule has 72 valence electrons. The van der Waals surface area contributed by atoms with Crippen molar-refractivity contribution in [3.63, 3.8) is 0 Å². The number of likely N-dealkylation sites (N-methyl/N-ethyl adjacent to an activating group) is 1. The Hall–Kier alpha value is -1.15. The van der Waals surface area contributed by atoms with Crippen LogP contribution in [0, 0.1) is 0 Å². The molecule has 0 aliphatic carbocycles. The summed E-state index contributed by atoms with van der Waals surface area (Å²) in [5, 5.41) is 0. The lowest BCUT2D eigenvalue weighted by Gasteiger charge is -2.18. The molecule has 0 saturated heterocycles. The lowest BCUT2D eigenvalue weighted by atomic mass is 10.1. The van der Waals surface area contributed by atoms with Gasteiger partial charge in [-0.1, -0.05) is 31.4 Å². The van der Waals surface area contributed by atoms with Crippen LogP contribution in [0.3, 0.4) is 0 Å². The summed E-state index contributed by atoms with van der Waals surface area (Å²) in [6.07, 6.45) is 6.95. The Kier molecular flexibility index (Phi) is 5.81. The number of hydrogen-bond donors (Lipinski definition) is 0. The Labute approximate surface area is 80.2 Å². The maximum atomic E-state index is 10.7. The highest BCUT2D eigenvalue weighted by atomic mass is 16.1. The van der Waals surface area contributed by atoms with Crippen molar-refractivity contribution in [2.24, 2.45) is 0 Å². The fourth-order valence-electron chi connectivity index (χ4n) is 0.965. The van der Waals surface area contributed by atoms with Crippen LogP contribution in [0.5, 0.6) is 0 Å². The van der Waals surface area contributed by atoms with Crippen LogP contribution in [0.4, 0.5) is 0 Å². The maximum Gasteiger partial charge on any atom is 0.137 e. The van der Waals surface area contributed by atoms with Crippen LogP contribution in [0.15, 0.2) is 37.0 Å². The first-order chi connectivity index (χ1) is 6.15. The lowest BCUT2D eigenvalue weighted by molar-refractivity contribution is -0.111. The molecule has 0 aromatic carbocycles. The summed E-state index contributed by atoms with van der Waals surface area (Å²) in [5.41, 5.74) is 1.03. The summed E-state index contributed by atoms with van der Waals surface area (Å²) in [7, 11) is 3.77. The van der Waals surface area contributed by atoms with E-state index in [-0.39, 0.29) is 6.04 Å². The van der Waals surface area contributed by atoms with Gasteiger partial charge in [0.15, 0.2) is 0 Å². The number of carbonyl (C=O) groups excluding carboxylic acids is 1. The van der Waals surface area contributed by atoms with Gasteiger partial charge in [-0.3, -0.25) is 4.90 Å². The first-order valence-corrected chi connectivity index (χ1v) is 4.21. The van der Waals surface area contributed by atoms with Crippen molar-refractivity contribution in [1.82, 2.24) is 4.90 Å². The average Bonchev–Trinajstić information content (AvgIpc) is 2.11. The minimum absolute atomic E-state index is 0.0794. The second-order valence-corrected chi connectivity index (χ2v) is 3.05. The van der Waals surface area contributed by atoms with Gasteiger partial charge in [0.25, 0.3) is 0 Å². The Morgan fingerprint density at radius 1 is 1.46 bits per heavy atom. The van der Waals surface area contributed by atoms with Gasteiger partial charge in [0.2, 0.25) is 0 Å². The molecule has 0 fully saturated rings. The third kappa shape index (κ3) is 4.43. The summed E-state index contributed by atoms with van der Waals surface area (Å²) in [6.45, 7) is 7.28. The molecular weight excluding hydrogens is 162 g/mol.